The highest BCUT2D eigenvalue weighted by Gasteiger charge is 2.22. The number of anilines is 2. The Morgan fingerprint density at radius 1 is 1.17 bits per heavy atom. The van der Waals surface area contributed by atoms with Crippen LogP contribution < -0.4 is 10.0 Å². The normalized spacial score (nSPS) is 11.7. The summed E-state index contributed by atoms with van der Waals surface area (Å²) in [4.78, 5) is 11.3. The lowest BCUT2D eigenvalue weighted by atomic mass is 10.3. The number of sulfonamides is 1. The quantitative estimate of drug-likeness (QED) is 0.503. The zero-order valence-electron chi connectivity index (χ0n) is 13.1. The van der Waals surface area contributed by atoms with E-state index >= 15 is 0 Å². The Balaban J connectivity index is 2.04. The summed E-state index contributed by atoms with van der Waals surface area (Å²) in [5, 5.41) is 17.8. The molecule has 0 atom stereocenters. The largest absolute Gasteiger partial charge is 0.301 e. The van der Waals surface area contributed by atoms with E-state index in [1.54, 1.807) is 6.92 Å². The summed E-state index contributed by atoms with van der Waals surface area (Å²) < 4.78 is 27.3. The first kappa shape index (κ1) is 19.0. The molecule has 0 saturated heterocycles. The number of aromatic nitrogens is 4. The Bertz CT molecular complexity index is 800. The van der Waals surface area contributed by atoms with E-state index in [4.69, 9.17) is 0 Å². The third kappa shape index (κ3) is 5.36. The first-order valence-electron chi connectivity index (χ1n) is 6.92. The number of nitrogens with zero attached hydrogens (tertiary/aromatic N) is 4. The average Bonchev–Trinajstić information content (AvgIpc) is 3.14. The lowest BCUT2D eigenvalue weighted by Gasteiger charge is -2.00. The molecule has 0 aliphatic rings. The van der Waals surface area contributed by atoms with Crippen LogP contribution in [0.25, 0.3) is 0 Å². The van der Waals surface area contributed by atoms with Crippen LogP contribution in [0.5, 0.6) is 0 Å². The summed E-state index contributed by atoms with van der Waals surface area (Å²) in [5.74, 6) is 1.11. The molecule has 2 N–H and O–H groups in total. The summed E-state index contributed by atoms with van der Waals surface area (Å²) in [5.41, 5.74) is 0. The minimum Gasteiger partial charge on any atom is -0.301 e. The van der Waals surface area contributed by atoms with Crippen molar-refractivity contribution in [3.05, 3.63) is 0 Å². The fourth-order valence-corrected chi connectivity index (χ4v) is 5.16. The maximum absolute atomic E-state index is 12.3. The first-order valence-corrected chi connectivity index (χ1v) is 11.0. The molecule has 0 spiro atoms. The molecular formula is C11H16N6O3S4. The van der Waals surface area contributed by atoms with Gasteiger partial charge < -0.3 is 5.32 Å². The molecule has 24 heavy (non-hydrogen) atoms. The monoisotopic (exact) mass is 408 g/mol. The van der Waals surface area contributed by atoms with Crippen molar-refractivity contribution in [1.82, 2.24) is 20.4 Å². The average molecular weight is 409 g/mol. The van der Waals surface area contributed by atoms with Gasteiger partial charge in [-0.1, -0.05) is 55.2 Å². The van der Waals surface area contributed by atoms with Gasteiger partial charge in [-0.25, -0.2) is 0 Å². The molecule has 0 bridgehead atoms. The van der Waals surface area contributed by atoms with E-state index < -0.39 is 10.0 Å². The van der Waals surface area contributed by atoms with E-state index in [0.29, 0.717) is 10.3 Å². The van der Waals surface area contributed by atoms with E-state index in [0.717, 1.165) is 28.4 Å². The highest BCUT2D eigenvalue weighted by molar-refractivity contribution is 8.01. The Labute approximate surface area is 151 Å². The molecule has 2 aromatic heterocycles. The van der Waals surface area contributed by atoms with Crippen LogP contribution in [0.1, 0.15) is 27.2 Å². The van der Waals surface area contributed by atoms with Crippen LogP contribution in [0.4, 0.5) is 10.3 Å². The third-order valence-electron chi connectivity index (χ3n) is 2.37. The van der Waals surface area contributed by atoms with Gasteiger partial charge in [0.25, 0.3) is 14.4 Å². The predicted octanol–water partition coefficient (Wildman–Crippen LogP) is 2.29. The van der Waals surface area contributed by atoms with Crippen LogP contribution in [-0.2, 0) is 14.8 Å². The van der Waals surface area contributed by atoms with E-state index in [2.05, 4.69) is 44.3 Å². The van der Waals surface area contributed by atoms with Crippen molar-refractivity contribution >= 4 is 60.6 Å². The van der Waals surface area contributed by atoms with Crippen LogP contribution in [-0.4, -0.2) is 40.5 Å². The van der Waals surface area contributed by atoms with Gasteiger partial charge in [0.2, 0.25) is 16.2 Å². The van der Waals surface area contributed by atoms with Crippen molar-refractivity contribution in [2.75, 3.05) is 15.8 Å². The highest BCUT2D eigenvalue weighted by atomic mass is 32.2. The number of nitrogens with one attached hydrogen (secondary N) is 2. The molecule has 2 heterocycles. The molecule has 132 valence electrons. The van der Waals surface area contributed by atoms with Gasteiger partial charge in [-0.15, -0.1) is 20.4 Å². The molecule has 2 aromatic rings. The minimum absolute atomic E-state index is 0.132. The minimum atomic E-state index is -3.91. The number of hydrogen-bond donors (Lipinski definition) is 2. The van der Waals surface area contributed by atoms with Crippen LogP contribution >= 0.6 is 34.4 Å². The molecule has 0 saturated carbocycles. The first-order chi connectivity index (χ1) is 11.3. The third-order valence-corrected chi connectivity index (χ3v) is 7.45. The molecule has 13 heteroatoms. The second kappa shape index (κ2) is 8.18. The Morgan fingerprint density at radius 2 is 1.88 bits per heavy atom. The van der Waals surface area contributed by atoms with Gasteiger partial charge in [-0.3, -0.25) is 9.52 Å². The number of carbonyl (C=O) groups excluding carboxylic acids is 1. The van der Waals surface area contributed by atoms with Crippen LogP contribution in [0, 0.1) is 5.92 Å². The number of hydrogen-bond acceptors (Lipinski definition) is 10. The van der Waals surface area contributed by atoms with Crippen molar-refractivity contribution in [2.24, 2.45) is 5.92 Å². The van der Waals surface area contributed by atoms with Gasteiger partial charge >= 0.3 is 0 Å². The smallest absolute Gasteiger partial charge is 0.293 e. The zero-order valence-corrected chi connectivity index (χ0v) is 16.4. The molecule has 0 radical (unpaired) electrons. The van der Waals surface area contributed by atoms with Crippen LogP contribution in [0.15, 0.2) is 8.68 Å². The maximum atomic E-state index is 12.3. The van der Waals surface area contributed by atoms with E-state index in [1.807, 2.05) is 0 Å². The molecule has 2 rings (SSSR count). The summed E-state index contributed by atoms with van der Waals surface area (Å²) in [6.45, 7) is 5.85. The van der Waals surface area contributed by atoms with Gasteiger partial charge in [0.1, 0.15) is 0 Å². The fraction of sp³-hybridized carbons (Fsp3) is 0.545. The maximum Gasteiger partial charge on any atom is 0.293 e. The van der Waals surface area contributed by atoms with Gasteiger partial charge in [0.05, 0.1) is 0 Å². The molecule has 9 nitrogen and oxygen atoms in total. The summed E-state index contributed by atoms with van der Waals surface area (Å²) in [6.07, 6.45) is 0.265. The van der Waals surface area contributed by atoms with Gasteiger partial charge in [0, 0.05) is 12.2 Å². The SMILES string of the molecule is CCC(=O)Nc1nnc(S(=O)(=O)Nc2nnc(SCC(C)C)s2)s1. The highest BCUT2D eigenvalue weighted by Crippen LogP contribution is 2.29. The Kier molecular flexibility index (Phi) is 6.48. The molecule has 1 amide bonds. The number of carbonyl (C=O) groups is 1. The van der Waals surface area contributed by atoms with Crippen molar-refractivity contribution < 1.29 is 13.2 Å². The molecule has 0 aromatic carbocycles. The van der Waals surface area contributed by atoms with Gasteiger partial charge in [0.15, 0.2) is 4.34 Å². The number of amides is 1. The standard InChI is InChI=1S/C11H16N6O3S4/c1-4-7(18)12-8-13-16-11(23-8)24(19,20)17-9-14-15-10(22-9)21-5-6(2)3/h6H,4-5H2,1-3H3,(H,14,17)(H,12,13,18). The predicted molar refractivity (Wildman–Crippen MR) is 95.1 cm³/mol. The summed E-state index contributed by atoms with van der Waals surface area (Å²) in [7, 11) is -3.91. The van der Waals surface area contributed by atoms with Gasteiger partial charge in [-0.05, 0) is 5.92 Å². The topological polar surface area (TPSA) is 127 Å². The van der Waals surface area contributed by atoms with Crippen molar-refractivity contribution in [3.8, 4) is 0 Å². The summed E-state index contributed by atoms with van der Waals surface area (Å²) in [6, 6.07) is 0. The molecule has 0 unspecified atom stereocenters. The van der Waals surface area contributed by atoms with Gasteiger partial charge in [-0.2, -0.15) is 8.42 Å². The van der Waals surface area contributed by atoms with Crippen molar-refractivity contribution in [2.45, 2.75) is 35.9 Å². The van der Waals surface area contributed by atoms with E-state index in [9.17, 15) is 13.2 Å². The zero-order chi connectivity index (χ0) is 17.7. The Hall–Kier alpha value is -1.31. The number of thioether (sulfide) groups is 1. The lowest BCUT2D eigenvalue weighted by molar-refractivity contribution is -0.115. The van der Waals surface area contributed by atoms with Crippen LogP contribution in [0.3, 0.4) is 0 Å². The fourth-order valence-electron chi connectivity index (χ4n) is 1.28. The molecule has 0 aliphatic heterocycles. The van der Waals surface area contributed by atoms with Crippen molar-refractivity contribution in [1.29, 1.82) is 0 Å². The number of rotatable bonds is 8. The van der Waals surface area contributed by atoms with Crippen LogP contribution in [0.2, 0.25) is 0 Å². The molecule has 0 fully saturated rings. The van der Waals surface area contributed by atoms with E-state index in [-0.39, 0.29) is 26.9 Å². The lowest BCUT2D eigenvalue weighted by Crippen LogP contribution is -2.12. The second-order valence-corrected chi connectivity index (χ2v) is 10.0. The molecule has 0 aliphatic carbocycles. The van der Waals surface area contributed by atoms with Crippen molar-refractivity contribution in [3.63, 3.8) is 0 Å². The second-order valence-electron chi connectivity index (χ2n) is 4.96. The summed E-state index contributed by atoms with van der Waals surface area (Å²) >= 11 is 3.45. The Morgan fingerprint density at radius 3 is 2.54 bits per heavy atom. The molecular weight excluding hydrogens is 392 g/mol. The van der Waals surface area contributed by atoms with E-state index in [1.165, 1.54) is 11.8 Å².